The highest BCUT2D eigenvalue weighted by molar-refractivity contribution is 8.13. The highest BCUT2D eigenvalue weighted by Gasteiger charge is 2.15. The maximum atomic E-state index is 13.0. The molecule has 0 unspecified atom stereocenters. The van der Waals surface area contributed by atoms with Crippen molar-refractivity contribution in [1.29, 1.82) is 0 Å². The van der Waals surface area contributed by atoms with Gasteiger partial charge in [0.2, 0.25) is 9.05 Å². The van der Waals surface area contributed by atoms with Gasteiger partial charge in [0.15, 0.2) is 0 Å². The monoisotopic (exact) mass is 272 g/mol. The molecular weight excluding hydrogens is 266 g/mol. The quantitative estimate of drug-likeness (QED) is 0.795. The summed E-state index contributed by atoms with van der Waals surface area (Å²) < 4.78 is 39.4. The van der Waals surface area contributed by atoms with Crippen LogP contribution < -0.4 is 4.74 Å². The Bertz CT molecular complexity index is 473. The van der Waals surface area contributed by atoms with Gasteiger partial charge >= 0.3 is 0 Å². The minimum atomic E-state index is -3.78. The Labute approximate surface area is 96.2 Å². The molecule has 1 aromatic rings. The van der Waals surface area contributed by atoms with E-state index in [1.54, 1.807) is 0 Å². The lowest BCUT2D eigenvalue weighted by molar-refractivity contribution is 0.411. The number of hydrogen-bond donors (Lipinski definition) is 0. The molecule has 0 aliphatic carbocycles. The van der Waals surface area contributed by atoms with Crippen LogP contribution in [0.25, 0.3) is 0 Å². The van der Waals surface area contributed by atoms with Crippen molar-refractivity contribution < 1.29 is 17.5 Å². The summed E-state index contributed by atoms with van der Waals surface area (Å²) in [5, 5.41) is 0.0446. The lowest BCUT2D eigenvalue weighted by Crippen LogP contribution is -1.98. The summed E-state index contributed by atoms with van der Waals surface area (Å²) in [6.07, 6.45) is 0. The van der Waals surface area contributed by atoms with E-state index in [2.05, 4.69) is 0 Å². The van der Waals surface area contributed by atoms with Crippen molar-refractivity contribution in [3.8, 4) is 5.75 Å². The summed E-state index contributed by atoms with van der Waals surface area (Å²) in [6.45, 7) is 0. The lowest BCUT2D eigenvalue weighted by atomic mass is 10.2. The SMILES string of the molecule is COc1cc(F)cc(CS(=O)(=O)Cl)c1Cl. The van der Waals surface area contributed by atoms with Gasteiger partial charge < -0.3 is 4.74 Å². The number of benzene rings is 1. The van der Waals surface area contributed by atoms with Crippen molar-refractivity contribution in [2.75, 3.05) is 7.11 Å². The van der Waals surface area contributed by atoms with Crippen molar-refractivity contribution in [1.82, 2.24) is 0 Å². The average Bonchev–Trinajstić information content (AvgIpc) is 2.08. The van der Waals surface area contributed by atoms with E-state index >= 15 is 0 Å². The van der Waals surface area contributed by atoms with Crippen molar-refractivity contribution >= 4 is 31.3 Å². The Balaban J connectivity index is 3.24. The number of rotatable bonds is 3. The van der Waals surface area contributed by atoms with Crippen LogP contribution in [0.15, 0.2) is 12.1 Å². The standard InChI is InChI=1S/C8H7Cl2FO3S/c1-14-7-3-6(11)2-5(8(7)9)4-15(10,12)13/h2-3H,4H2,1H3. The molecule has 0 aromatic heterocycles. The van der Waals surface area contributed by atoms with Crippen LogP contribution in [0.5, 0.6) is 5.75 Å². The van der Waals surface area contributed by atoms with Crippen LogP contribution in [0.4, 0.5) is 4.39 Å². The van der Waals surface area contributed by atoms with Crippen molar-refractivity contribution in [2.24, 2.45) is 0 Å². The smallest absolute Gasteiger partial charge is 0.236 e. The molecule has 0 amide bonds. The molecule has 1 aromatic carbocycles. The molecule has 0 aliphatic rings. The van der Waals surface area contributed by atoms with Gasteiger partial charge in [0.05, 0.1) is 17.9 Å². The Morgan fingerprint density at radius 2 is 2.07 bits per heavy atom. The molecule has 0 heterocycles. The molecule has 0 aliphatic heterocycles. The van der Waals surface area contributed by atoms with Crippen LogP contribution in [0, 0.1) is 5.82 Å². The first kappa shape index (κ1) is 12.5. The van der Waals surface area contributed by atoms with Gasteiger partial charge in [0, 0.05) is 16.7 Å². The van der Waals surface area contributed by atoms with Gasteiger partial charge in [0.25, 0.3) is 0 Å². The zero-order valence-electron chi connectivity index (χ0n) is 7.63. The zero-order valence-corrected chi connectivity index (χ0v) is 9.96. The summed E-state index contributed by atoms with van der Waals surface area (Å²) >= 11 is 5.77. The highest BCUT2D eigenvalue weighted by atomic mass is 35.7. The molecule has 0 saturated heterocycles. The normalized spacial score (nSPS) is 11.5. The van der Waals surface area contributed by atoms with Gasteiger partial charge in [-0.2, -0.15) is 0 Å². The van der Waals surface area contributed by atoms with Crippen LogP contribution in [-0.2, 0) is 14.8 Å². The minimum absolute atomic E-state index is 0.0446. The van der Waals surface area contributed by atoms with Crippen LogP contribution in [0.1, 0.15) is 5.56 Å². The molecule has 84 valence electrons. The largest absolute Gasteiger partial charge is 0.495 e. The first-order chi connectivity index (χ1) is 6.83. The highest BCUT2D eigenvalue weighted by Crippen LogP contribution is 2.30. The second-order valence-corrected chi connectivity index (χ2v) is 5.92. The fourth-order valence-corrected chi connectivity index (χ4v) is 2.34. The van der Waals surface area contributed by atoms with Gasteiger partial charge in [-0.3, -0.25) is 0 Å². The third-order valence-corrected chi connectivity index (χ3v) is 3.04. The van der Waals surface area contributed by atoms with Gasteiger partial charge in [0.1, 0.15) is 11.6 Å². The van der Waals surface area contributed by atoms with E-state index in [-0.39, 0.29) is 16.3 Å². The fourth-order valence-electron chi connectivity index (χ4n) is 1.06. The van der Waals surface area contributed by atoms with Crippen LogP contribution in [0.2, 0.25) is 5.02 Å². The van der Waals surface area contributed by atoms with E-state index < -0.39 is 20.6 Å². The van der Waals surface area contributed by atoms with E-state index in [0.717, 1.165) is 12.1 Å². The van der Waals surface area contributed by atoms with Crippen molar-refractivity contribution in [3.63, 3.8) is 0 Å². The molecule has 15 heavy (non-hydrogen) atoms. The molecule has 0 N–H and O–H groups in total. The van der Waals surface area contributed by atoms with E-state index in [9.17, 15) is 12.8 Å². The average molecular weight is 273 g/mol. The number of methoxy groups -OCH3 is 1. The van der Waals surface area contributed by atoms with Crippen LogP contribution in [0.3, 0.4) is 0 Å². The minimum Gasteiger partial charge on any atom is -0.495 e. The third-order valence-electron chi connectivity index (χ3n) is 1.63. The van der Waals surface area contributed by atoms with Gasteiger partial charge in [-0.1, -0.05) is 11.6 Å². The molecule has 1 rings (SSSR count). The van der Waals surface area contributed by atoms with Crippen molar-refractivity contribution in [2.45, 2.75) is 5.75 Å². The van der Waals surface area contributed by atoms with Crippen LogP contribution >= 0.6 is 22.3 Å². The second kappa shape index (κ2) is 4.55. The summed E-state index contributed by atoms with van der Waals surface area (Å²) in [5.41, 5.74) is 0.0727. The summed E-state index contributed by atoms with van der Waals surface area (Å²) in [4.78, 5) is 0. The molecule has 0 atom stereocenters. The Morgan fingerprint density at radius 3 is 2.53 bits per heavy atom. The predicted octanol–water partition coefficient (Wildman–Crippen LogP) is 2.56. The Hall–Kier alpha value is -0.520. The number of ether oxygens (including phenoxy) is 1. The molecule has 0 bridgehead atoms. The Kier molecular flexibility index (Phi) is 3.81. The Morgan fingerprint density at radius 1 is 1.47 bits per heavy atom. The summed E-state index contributed by atoms with van der Waals surface area (Å²) in [5.74, 6) is -1.10. The summed E-state index contributed by atoms with van der Waals surface area (Å²) in [6, 6.07) is 2.07. The second-order valence-electron chi connectivity index (χ2n) is 2.76. The van der Waals surface area contributed by atoms with Gasteiger partial charge in [-0.05, 0) is 11.6 Å². The fraction of sp³-hybridized carbons (Fsp3) is 0.250. The molecule has 0 saturated carbocycles. The van der Waals surface area contributed by atoms with Gasteiger partial charge in [-0.25, -0.2) is 12.8 Å². The van der Waals surface area contributed by atoms with Gasteiger partial charge in [-0.15, -0.1) is 0 Å². The zero-order chi connectivity index (χ0) is 11.6. The van der Waals surface area contributed by atoms with E-state index in [1.165, 1.54) is 7.11 Å². The van der Waals surface area contributed by atoms with Crippen molar-refractivity contribution in [3.05, 3.63) is 28.5 Å². The van der Waals surface area contributed by atoms with E-state index in [0.29, 0.717) is 0 Å². The first-order valence-electron chi connectivity index (χ1n) is 3.77. The number of hydrogen-bond acceptors (Lipinski definition) is 3. The summed E-state index contributed by atoms with van der Waals surface area (Å²) in [7, 11) is 2.57. The van der Waals surface area contributed by atoms with E-state index in [1.807, 2.05) is 0 Å². The molecule has 0 spiro atoms. The maximum absolute atomic E-state index is 13.0. The molecule has 0 fully saturated rings. The van der Waals surface area contributed by atoms with Crippen LogP contribution in [-0.4, -0.2) is 15.5 Å². The molecule has 3 nitrogen and oxygen atoms in total. The molecular formula is C8H7Cl2FO3S. The predicted molar refractivity (Wildman–Crippen MR) is 56.4 cm³/mol. The maximum Gasteiger partial charge on any atom is 0.236 e. The number of halogens is 3. The topological polar surface area (TPSA) is 43.4 Å². The van der Waals surface area contributed by atoms with E-state index in [4.69, 9.17) is 27.0 Å². The molecule has 0 radical (unpaired) electrons. The first-order valence-corrected chi connectivity index (χ1v) is 6.63. The lowest BCUT2D eigenvalue weighted by Gasteiger charge is -2.07. The molecule has 7 heteroatoms. The third kappa shape index (κ3) is 3.52.